The zero-order chi connectivity index (χ0) is 35.6. The van der Waals surface area contributed by atoms with Crippen molar-refractivity contribution in [3.8, 4) is 0 Å². The Balaban J connectivity index is 1.04. The van der Waals surface area contributed by atoms with Crippen molar-refractivity contribution in [1.82, 2.24) is 5.32 Å². The van der Waals surface area contributed by atoms with Crippen LogP contribution >= 0.6 is 21.6 Å². The fourth-order valence-corrected chi connectivity index (χ4v) is 12.9. The Morgan fingerprint density at radius 2 is 1.76 bits per heavy atom. The molecule has 0 radical (unpaired) electrons. The summed E-state index contributed by atoms with van der Waals surface area (Å²) in [5.74, 6) is 3.15. The van der Waals surface area contributed by atoms with Gasteiger partial charge in [0.05, 0.1) is 24.9 Å². The summed E-state index contributed by atoms with van der Waals surface area (Å²) in [4.78, 5) is 25.4. The fourth-order valence-electron chi connectivity index (χ4n) is 10.9. The molecule has 0 aromatic heterocycles. The summed E-state index contributed by atoms with van der Waals surface area (Å²) in [6, 6.07) is 8.78. The molecule has 0 bridgehead atoms. The summed E-state index contributed by atoms with van der Waals surface area (Å²) in [5, 5.41) is 26.6. The van der Waals surface area contributed by atoms with Crippen LogP contribution in [-0.4, -0.2) is 59.1 Å². The van der Waals surface area contributed by atoms with Crippen molar-refractivity contribution in [2.75, 3.05) is 18.9 Å². The smallest absolute Gasteiger partial charge is 0.220 e. The predicted molar refractivity (Wildman–Crippen MR) is 202 cm³/mol. The van der Waals surface area contributed by atoms with Crippen LogP contribution in [0.2, 0.25) is 0 Å². The second kappa shape index (κ2) is 16.3. The van der Waals surface area contributed by atoms with Crippen LogP contribution in [0.3, 0.4) is 0 Å². The van der Waals surface area contributed by atoms with E-state index in [4.69, 9.17) is 4.74 Å². The zero-order valence-electron chi connectivity index (χ0n) is 31.3. The molecule has 4 aliphatic carbocycles. The molecule has 276 valence electrons. The molecule has 0 aliphatic heterocycles. The number of Topliss-reactive ketones (excluding diaryl/α,β-unsaturated/α-hetero) is 1. The summed E-state index contributed by atoms with van der Waals surface area (Å²) in [6.45, 7) is 16.5. The van der Waals surface area contributed by atoms with Crippen molar-refractivity contribution in [1.29, 1.82) is 0 Å². The van der Waals surface area contributed by atoms with E-state index < -0.39 is 0 Å². The van der Waals surface area contributed by atoms with Gasteiger partial charge in [0.2, 0.25) is 5.91 Å². The van der Waals surface area contributed by atoms with E-state index in [1.807, 2.05) is 0 Å². The molecule has 1 aromatic carbocycles. The first kappa shape index (κ1) is 39.2. The minimum Gasteiger partial charge on any atom is -0.393 e. The molecule has 5 rings (SSSR count). The Morgan fingerprint density at radius 1 is 1.02 bits per heavy atom. The molecule has 0 heterocycles. The third kappa shape index (κ3) is 9.12. The van der Waals surface area contributed by atoms with Gasteiger partial charge in [-0.25, -0.2) is 0 Å². The SMILES string of the molecule is CC(=O)CC[C@H](C)[C@H]1CC[C@@H]2[C@@H]3[C@@H](C[C@@H](O)[C@]21C)[C@]1(C)CC[C@H](OCCNC(=O)CCSSc2ccc(CC(C)(C)C)cc2)C[C@@H]1C[C@@H]3O. The third-order valence-electron chi connectivity index (χ3n) is 13.5. The number of ketones is 1. The van der Waals surface area contributed by atoms with Crippen LogP contribution in [0.5, 0.6) is 0 Å². The molecular weight excluding hydrogens is 651 g/mol. The first-order valence-corrected chi connectivity index (χ1v) is 21.6. The summed E-state index contributed by atoms with van der Waals surface area (Å²) < 4.78 is 6.33. The quantitative estimate of drug-likeness (QED) is 0.131. The van der Waals surface area contributed by atoms with Crippen LogP contribution < -0.4 is 5.32 Å². The minimum atomic E-state index is -0.367. The van der Waals surface area contributed by atoms with Gasteiger partial charge in [-0.1, -0.05) is 75.3 Å². The predicted octanol–water partition coefficient (Wildman–Crippen LogP) is 8.51. The maximum Gasteiger partial charge on any atom is 0.220 e. The Bertz CT molecular complexity index is 1270. The van der Waals surface area contributed by atoms with Gasteiger partial charge in [0.15, 0.2) is 0 Å². The number of hydrogen-bond acceptors (Lipinski definition) is 7. The van der Waals surface area contributed by atoms with Gasteiger partial charge in [-0.05, 0) is 134 Å². The lowest BCUT2D eigenvalue weighted by Crippen LogP contribution is -2.62. The normalized spacial score (nSPS) is 36.3. The second-order valence-electron chi connectivity index (χ2n) is 18.0. The summed E-state index contributed by atoms with van der Waals surface area (Å²) in [7, 11) is 3.45. The minimum absolute atomic E-state index is 0.0696. The van der Waals surface area contributed by atoms with Gasteiger partial charge in [0.1, 0.15) is 5.78 Å². The van der Waals surface area contributed by atoms with E-state index in [0.29, 0.717) is 55.6 Å². The van der Waals surface area contributed by atoms with Gasteiger partial charge in [-0.2, -0.15) is 0 Å². The van der Waals surface area contributed by atoms with E-state index in [2.05, 4.69) is 71.1 Å². The Hall–Kier alpha value is -1.06. The van der Waals surface area contributed by atoms with Crippen molar-refractivity contribution in [3.63, 3.8) is 0 Å². The molecule has 0 unspecified atom stereocenters. The van der Waals surface area contributed by atoms with E-state index in [9.17, 15) is 19.8 Å². The third-order valence-corrected chi connectivity index (χ3v) is 15.8. The molecule has 6 nitrogen and oxygen atoms in total. The highest BCUT2D eigenvalue weighted by molar-refractivity contribution is 8.76. The fraction of sp³-hybridized carbons (Fsp3) is 0.805. The average molecular weight is 716 g/mol. The van der Waals surface area contributed by atoms with Crippen molar-refractivity contribution in [2.45, 2.75) is 142 Å². The van der Waals surface area contributed by atoms with Crippen molar-refractivity contribution in [2.24, 2.45) is 51.8 Å². The standard InChI is InChI=1S/C41H65NO5S2/c1-26(8-9-27(2)43)32-14-15-33-38-34(24-36(45)41(32,33)7)40(6)18-16-30(22-29(40)23-35(38)44)47-20-19-42-37(46)17-21-48-49-31-12-10-28(11-13-31)25-39(3,4)5/h10-13,26,29-30,32-36,38,44-45H,8-9,14-25H2,1-7H3,(H,42,46)/t26-,29+,30-,32+,33+,34+,35-,36+,38+,40+,41-/m0/s1. The number of benzene rings is 1. The highest BCUT2D eigenvalue weighted by atomic mass is 33.1. The zero-order valence-corrected chi connectivity index (χ0v) is 33.0. The number of carbonyl (C=O) groups is 2. The maximum atomic E-state index is 12.5. The number of carbonyl (C=O) groups excluding carboxylic acids is 2. The Labute approximate surface area is 304 Å². The molecule has 8 heteroatoms. The monoisotopic (exact) mass is 715 g/mol. The van der Waals surface area contributed by atoms with E-state index >= 15 is 0 Å². The number of hydrogen-bond donors (Lipinski definition) is 3. The lowest BCUT2D eigenvalue weighted by molar-refractivity contribution is -0.209. The number of aliphatic hydroxyl groups is 2. The molecule has 1 amide bonds. The van der Waals surface area contributed by atoms with Crippen LogP contribution in [0.15, 0.2) is 29.2 Å². The van der Waals surface area contributed by atoms with Crippen molar-refractivity contribution in [3.05, 3.63) is 29.8 Å². The lowest BCUT2D eigenvalue weighted by atomic mass is 9.43. The highest BCUT2D eigenvalue weighted by Crippen LogP contribution is 2.68. The number of amides is 1. The van der Waals surface area contributed by atoms with Gasteiger partial charge in [-0.3, -0.25) is 4.79 Å². The highest BCUT2D eigenvalue weighted by Gasteiger charge is 2.65. The van der Waals surface area contributed by atoms with Gasteiger partial charge >= 0.3 is 0 Å². The largest absolute Gasteiger partial charge is 0.393 e. The van der Waals surface area contributed by atoms with Crippen LogP contribution in [-0.2, 0) is 20.7 Å². The molecule has 4 aliphatic rings. The molecule has 4 fully saturated rings. The van der Waals surface area contributed by atoms with Gasteiger partial charge in [-0.15, -0.1) is 0 Å². The first-order chi connectivity index (χ1) is 23.1. The molecule has 4 saturated carbocycles. The first-order valence-electron chi connectivity index (χ1n) is 19.2. The molecular formula is C41H65NO5S2. The van der Waals surface area contributed by atoms with Gasteiger partial charge < -0.3 is 25.1 Å². The van der Waals surface area contributed by atoms with Crippen LogP contribution in [0, 0.1) is 51.8 Å². The van der Waals surface area contributed by atoms with Crippen LogP contribution in [0.1, 0.15) is 118 Å². The molecule has 0 saturated heterocycles. The van der Waals surface area contributed by atoms with Crippen molar-refractivity contribution < 1.29 is 24.5 Å². The number of nitrogens with one attached hydrogen (secondary N) is 1. The van der Waals surface area contributed by atoms with Gasteiger partial charge in [0, 0.05) is 30.0 Å². The van der Waals surface area contributed by atoms with Crippen LogP contribution in [0.4, 0.5) is 0 Å². The molecule has 49 heavy (non-hydrogen) atoms. The van der Waals surface area contributed by atoms with E-state index in [0.717, 1.165) is 63.5 Å². The summed E-state index contributed by atoms with van der Waals surface area (Å²) in [6.07, 6.45) is 9.26. The molecule has 11 atom stereocenters. The van der Waals surface area contributed by atoms with Crippen LogP contribution in [0.25, 0.3) is 0 Å². The number of rotatable bonds is 14. The van der Waals surface area contributed by atoms with Gasteiger partial charge in [0.25, 0.3) is 0 Å². The Kier molecular flexibility index (Phi) is 13.0. The van der Waals surface area contributed by atoms with E-state index in [-0.39, 0.29) is 52.2 Å². The molecule has 3 N–H and O–H groups in total. The maximum absolute atomic E-state index is 12.5. The number of fused-ring (bicyclic) bond motifs is 5. The molecule has 0 spiro atoms. The topological polar surface area (TPSA) is 95.9 Å². The summed E-state index contributed by atoms with van der Waals surface area (Å²) >= 11 is 0. The average Bonchev–Trinajstić information content (AvgIpc) is 3.39. The number of aliphatic hydroxyl groups excluding tert-OH is 2. The lowest BCUT2D eigenvalue weighted by Gasteiger charge is -2.63. The number of ether oxygens (including phenoxy) is 1. The van der Waals surface area contributed by atoms with E-state index in [1.54, 1.807) is 28.5 Å². The Morgan fingerprint density at radius 3 is 2.45 bits per heavy atom. The van der Waals surface area contributed by atoms with E-state index in [1.165, 1.54) is 10.5 Å². The van der Waals surface area contributed by atoms with Crippen molar-refractivity contribution >= 4 is 33.3 Å². The molecule has 1 aromatic rings. The second-order valence-corrected chi connectivity index (χ2v) is 20.5. The summed E-state index contributed by atoms with van der Waals surface area (Å²) in [5.41, 5.74) is 1.55.